The van der Waals surface area contributed by atoms with Gasteiger partial charge in [0, 0.05) is 18.5 Å². The Morgan fingerprint density at radius 2 is 2.29 bits per heavy atom. The minimum atomic E-state index is -0.826. The van der Waals surface area contributed by atoms with E-state index in [2.05, 4.69) is 22.6 Å². The van der Waals surface area contributed by atoms with Crippen LogP contribution in [-0.4, -0.2) is 35.0 Å². The highest BCUT2D eigenvalue weighted by Crippen LogP contribution is 2.31. The maximum Gasteiger partial charge on any atom is 0.311 e. The van der Waals surface area contributed by atoms with Crippen LogP contribution in [0.1, 0.15) is 23.7 Å². The number of halogens is 1. The molecule has 1 atom stereocenters. The first-order valence-electron chi connectivity index (χ1n) is 5.19. The van der Waals surface area contributed by atoms with Gasteiger partial charge in [-0.25, -0.2) is 0 Å². The van der Waals surface area contributed by atoms with Gasteiger partial charge >= 0.3 is 5.97 Å². The zero-order chi connectivity index (χ0) is 12.6. The molecule has 0 aliphatic carbocycles. The Labute approximate surface area is 117 Å². The first kappa shape index (κ1) is 12.8. The van der Waals surface area contributed by atoms with Gasteiger partial charge in [0.1, 0.15) is 0 Å². The third kappa shape index (κ3) is 2.47. The van der Waals surface area contributed by atoms with Crippen LogP contribution in [0.15, 0.2) is 11.4 Å². The third-order valence-electron chi connectivity index (χ3n) is 3.09. The predicted octanol–water partition coefficient (Wildman–Crippen LogP) is 2.29. The van der Waals surface area contributed by atoms with Crippen molar-refractivity contribution in [1.29, 1.82) is 0 Å². The van der Waals surface area contributed by atoms with Gasteiger partial charge in [0.2, 0.25) is 0 Å². The minimum absolute atomic E-state index is 0.0610. The van der Waals surface area contributed by atoms with Crippen LogP contribution in [0.5, 0.6) is 0 Å². The van der Waals surface area contributed by atoms with Gasteiger partial charge in [0.05, 0.1) is 13.9 Å². The van der Waals surface area contributed by atoms with Crippen molar-refractivity contribution in [2.24, 2.45) is 5.41 Å². The number of aliphatic carboxylic acids is 1. The standard InChI is InChI=1S/C11H12INO3S/c1-11(10(15)16)2-3-13(6-11)9(14)7-4-8(12)17-5-7/h4-5H,2-3,6H2,1H3,(H,15,16). The highest BCUT2D eigenvalue weighted by atomic mass is 127. The molecule has 4 nitrogen and oxygen atoms in total. The number of rotatable bonds is 2. The first-order chi connectivity index (χ1) is 7.92. The Kier molecular flexibility index (Phi) is 3.44. The van der Waals surface area contributed by atoms with Crippen molar-refractivity contribution < 1.29 is 14.7 Å². The number of hydrogen-bond acceptors (Lipinski definition) is 3. The topological polar surface area (TPSA) is 57.6 Å². The van der Waals surface area contributed by atoms with E-state index < -0.39 is 11.4 Å². The van der Waals surface area contributed by atoms with Crippen LogP contribution in [-0.2, 0) is 4.79 Å². The smallest absolute Gasteiger partial charge is 0.311 e. The van der Waals surface area contributed by atoms with Crippen LogP contribution in [0.4, 0.5) is 0 Å². The molecule has 1 unspecified atom stereocenters. The highest BCUT2D eigenvalue weighted by molar-refractivity contribution is 14.1. The summed E-state index contributed by atoms with van der Waals surface area (Å²) in [4.78, 5) is 24.8. The molecular weight excluding hydrogens is 353 g/mol. The molecule has 1 aromatic rings. The van der Waals surface area contributed by atoms with Crippen molar-refractivity contribution in [3.05, 3.63) is 19.9 Å². The van der Waals surface area contributed by atoms with Crippen LogP contribution in [0.2, 0.25) is 0 Å². The molecule has 1 fully saturated rings. The largest absolute Gasteiger partial charge is 0.481 e. The van der Waals surface area contributed by atoms with Crippen molar-refractivity contribution in [3.8, 4) is 0 Å². The fraction of sp³-hybridized carbons (Fsp3) is 0.455. The summed E-state index contributed by atoms with van der Waals surface area (Å²) in [5.74, 6) is -0.887. The lowest BCUT2D eigenvalue weighted by Crippen LogP contribution is -2.34. The fourth-order valence-electron chi connectivity index (χ4n) is 1.91. The second kappa shape index (κ2) is 4.56. The molecule has 0 spiro atoms. The van der Waals surface area contributed by atoms with Crippen molar-refractivity contribution in [3.63, 3.8) is 0 Å². The molecule has 2 heterocycles. The van der Waals surface area contributed by atoms with Crippen molar-refractivity contribution in [2.45, 2.75) is 13.3 Å². The zero-order valence-electron chi connectivity index (χ0n) is 9.27. The van der Waals surface area contributed by atoms with E-state index in [9.17, 15) is 9.59 Å². The van der Waals surface area contributed by atoms with Crippen molar-refractivity contribution >= 4 is 45.8 Å². The molecule has 2 rings (SSSR count). The Hall–Kier alpha value is -0.630. The molecule has 1 aromatic heterocycles. The van der Waals surface area contributed by atoms with Gasteiger partial charge in [-0.1, -0.05) is 0 Å². The molecule has 1 amide bonds. The summed E-state index contributed by atoms with van der Waals surface area (Å²) in [5, 5.41) is 10.9. The number of thiophene rings is 1. The van der Waals surface area contributed by atoms with Crippen LogP contribution < -0.4 is 0 Å². The van der Waals surface area contributed by atoms with E-state index in [1.54, 1.807) is 11.8 Å². The van der Waals surface area contributed by atoms with Crippen LogP contribution in [0.25, 0.3) is 0 Å². The normalized spacial score (nSPS) is 24.0. The van der Waals surface area contributed by atoms with Gasteiger partial charge in [-0.05, 0) is 42.0 Å². The maximum absolute atomic E-state index is 12.1. The number of likely N-dealkylation sites (tertiary alicyclic amines) is 1. The van der Waals surface area contributed by atoms with Gasteiger partial charge in [-0.2, -0.15) is 0 Å². The average Bonchev–Trinajstić information content (AvgIpc) is 2.85. The summed E-state index contributed by atoms with van der Waals surface area (Å²) in [6, 6.07) is 1.84. The third-order valence-corrected chi connectivity index (χ3v) is 4.88. The Bertz CT molecular complexity index is 473. The Morgan fingerprint density at radius 1 is 1.59 bits per heavy atom. The molecule has 1 N–H and O–H groups in total. The van der Waals surface area contributed by atoms with Crippen LogP contribution in [0.3, 0.4) is 0 Å². The number of carbonyl (C=O) groups is 2. The molecule has 0 bridgehead atoms. The zero-order valence-corrected chi connectivity index (χ0v) is 12.2. The van der Waals surface area contributed by atoms with E-state index in [0.29, 0.717) is 25.1 Å². The van der Waals surface area contributed by atoms with Gasteiger partial charge in [0.15, 0.2) is 0 Å². The van der Waals surface area contributed by atoms with Crippen molar-refractivity contribution in [1.82, 2.24) is 4.90 Å². The number of carboxylic acids is 1. The predicted molar refractivity (Wildman–Crippen MR) is 73.3 cm³/mol. The second-order valence-electron chi connectivity index (χ2n) is 4.48. The molecule has 0 aromatic carbocycles. The number of amides is 1. The molecule has 0 radical (unpaired) electrons. The summed E-state index contributed by atoms with van der Waals surface area (Å²) in [7, 11) is 0. The SMILES string of the molecule is CC1(C(=O)O)CCN(C(=O)c2csc(I)c2)C1. The number of nitrogens with zero attached hydrogens (tertiary/aromatic N) is 1. The minimum Gasteiger partial charge on any atom is -0.481 e. The lowest BCUT2D eigenvalue weighted by atomic mass is 9.90. The van der Waals surface area contributed by atoms with Gasteiger partial charge < -0.3 is 10.0 Å². The fourth-order valence-corrected chi connectivity index (χ4v) is 3.23. The van der Waals surface area contributed by atoms with Crippen LogP contribution >= 0.6 is 33.9 Å². The van der Waals surface area contributed by atoms with Gasteiger partial charge in [-0.15, -0.1) is 11.3 Å². The Morgan fingerprint density at radius 3 is 2.76 bits per heavy atom. The van der Waals surface area contributed by atoms with Crippen LogP contribution in [0, 0.1) is 8.30 Å². The van der Waals surface area contributed by atoms with E-state index in [0.717, 1.165) is 2.88 Å². The molecule has 6 heteroatoms. The quantitative estimate of drug-likeness (QED) is 0.819. The molecule has 1 aliphatic heterocycles. The number of hydrogen-bond donors (Lipinski definition) is 1. The molecule has 92 valence electrons. The summed E-state index contributed by atoms with van der Waals surface area (Å²) in [6.07, 6.45) is 0.523. The molecule has 0 saturated carbocycles. The van der Waals surface area contributed by atoms with E-state index in [1.807, 2.05) is 11.4 Å². The molecule has 17 heavy (non-hydrogen) atoms. The van der Waals surface area contributed by atoms with Gasteiger partial charge in [0.25, 0.3) is 5.91 Å². The maximum atomic E-state index is 12.1. The summed E-state index contributed by atoms with van der Waals surface area (Å²) < 4.78 is 1.06. The van der Waals surface area contributed by atoms with E-state index in [1.165, 1.54) is 11.3 Å². The van der Waals surface area contributed by atoms with Gasteiger partial charge in [-0.3, -0.25) is 9.59 Å². The number of carbonyl (C=O) groups excluding carboxylic acids is 1. The molecular formula is C11H12INO3S. The van der Waals surface area contributed by atoms with E-state index in [-0.39, 0.29) is 5.91 Å². The summed E-state index contributed by atoms with van der Waals surface area (Å²) in [5.41, 5.74) is -0.132. The second-order valence-corrected chi connectivity index (χ2v) is 7.29. The summed E-state index contributed by atoms with van der Waals surface area (Å²) in [6.45, 7) is 2.52. The first-order valence-corrected chi connectivity index (χ1v) is 7.15. The van der Waals surface area contributed by atoms with Crippen molar-refractivity contribution in [2.75, 3.05) is 13.1 Å². The highest BCUT2D eigenvalue weighted by Gasteiger charge is 2.42. The average molecular weight is 365 g/mol. The molecule has 1 aliphatic rings. The molecule has 1 saturated heterocycles. The number of carboxylic acid groups (broad SMARTS) is 1. The Balaban J connectivity index is 2.11. The lowest BCUT2D eigenvalue weighted by Gasteiger charge is -2.19. The van der Waals surface area contributed by atoms with E-state index >= 15 is 0 Å². The monoisotopic (exact) mass is 365 g/mol. The van der Waals surface area contributed by atoms with E-state index in [4.69, 9.17) is 5.11 Å². The summed E-state index contributed by atoms with van der Waals surface area (Å²) >= 11 is 3.69. The lowest BCUT2D eigenvalue weighted by molar-refractivity contribution is -0.147.